The van der Waals surface area contributed by atoms with Crippen LogP contribution in [0.1, 0.15) is 167 Å². The molecule has 0 radical (unpaired) electrons. The molecule has 0 aromatic heterocycles. The number of hydrogen-bond donors (Lipinski definition) is 1. The second kappa shape index (κ2) is 16.0. The molecule has 218 valence electrons. The van der Waals surface area contributed by atoms with E-state index in [1.54, 1.807) is 0 Å². The average Bonchev–Trinajstić information content (AvgIpc) is 3.40. The molecule has 0 amide bonds. The van der Waals surface area contributed by atoms with Crippen molar-refractivity contribution in [1.29, 1.82) is 0 Å². The monoisotopic (exact) mass is 526 g/mol. The van der Waals surface area contributed by atoms with Gasteiger partial charge in [0, 0.05) is 11.8 Å². The van der Waals surface area contributed by atoms with E-state index in [4.69, 9.17) is 0 Å². The van der Waals surface area contributed by atoms with E-state index in [9.17, 15) is 9.90 Å². The van der Waals surface area contributed by atoms with Gasteiger partial charge in [0.1, 0.15) is 6.10 Å². The van der Waals surface area contributed by atoms with Crippen LogP contribution in [0.15, 0.2) is 12.2 Å². The molecule has 0 spiro atoms. The Balaban J connectivity index is 1.09. The molecule has 0 saturated heterocycles. The number of Topliss-reactive ketones (excluding diaryl/α,β-unsaturated/α-hetero) is 1. The lowest BCUT2D eigenvalue weighted by Gasteiger charge is -2.56. The smallest absolute Gasteiger partial charge is 0.161 e. The Kier molecular flexibility index (Phi) is 12.8. The molecule has 4 fully saturated rings. The highest BCUT2D eigenvalue weighted by Crippen LogP contribution is 2.63. The van der Waals surface area contributed by atoms with Crippen molar-refractivity contribution in [3.8, 4) is 0 Å². The van der Waals surface area contributed by atoms with Gasteiger partial charge in [-0.1, -0.05) is 96.1 Å². The van der Waals surface area contributed by atoms with Crippen molar-refractivity contribution in [3.05, 3.63) is 12.2 Å². The Hall–Kier alpha value is -0.630. The van der Waals surface area contributed by atoms with Crippen molar-refractivity contribution in [2.45, 2.75) is 174 Å². The van der Waals surface area contributed by atoms with Gasteiger partial charge >= 0.3 is 0 Å². The summed E-state index contributed by atoms with van der Waals surface area (Å²) in [4.78, 5) is 13.2. The minimum atomic E-state index is -0.684. The highest BCUT2D eigenvalue weighted by atomic mass is 16.3. The molecule has 7 atom stereocenters. The normalized spacial score (nSPS) is 33.6. The molecule has 4 saturated carbocycles. The van der Waals surface area contributed by atoms with Crippen LogP contribution in [0.2, 0.25) is 0 Å². The predicted molar refractivity (Wildman–Crippen MR) is 161 cm³/mol. The number of aliphatic hydroxyl groups is 1. The van der Waals surface area contributed by atoms with E-state index in [1.165, 1.54) is 128 Å². The van der Waals surface area contributed by atoms with E-state index in [0.717, 1.165) is 49.4 Å². The van der Waals surface area contributed by atoms with Crippen LogP contribution in [0.4, 0.5) is 0 Å². The Morgan fingerprint density at radius 1 is 0.711 bits per heavy atom. The molecular weight excluding hydrogens is 464 g/mol. The molecule has 0 aliphatic heterocycles. The molecule has 1 N–H and O–H groups in total. The molecule has 4 aliphatic carbocycles. The van der Waals surface area contributed by atoms with E-state index in [1.807, 2.05) is 0 Å². The average molecular weight is 527 g/mol. The first-order chi connectivity index (χ1) is 18.7. The number of hydrogen-bond acceptors (Lipinski definition) is 2. The van der Waals surface area contributed by atoms with E-state index >= 15 is 0 Å². The van der Waals surface area contributed by atoms with Gasteiger partial charge in [-0.25, -0.2) is 0 Å². The molecule has 2 heteroatoms. The van der Waals surface area contributed by atoms with Crippen molar-refractivity contribution >= 4 is 5.78 Å². The third kappa shape index (κ3) is 7.76. The fourth-order valence-electron chi connectivity index (χ4n) is 9.84. The summed E-state index contributed by atoms with van der Waals surface area (Å²) in [6.07, 6.45) is 36.0. The number of carbonyl (C=O) groups excluding carboxylic acids is 1. The SMILES string of the molecule is CCCCCCCC/C=C\CCCCCCCC(=O)C(O)[C@@]12CCC[C@H]1[C@@H]1CCC3CCCC[C@@H]3[C@H]1CC2. The predicted octanol–water partition coefficient (Wildman–Crippen LogP) is 10.4. The molecule has 0 aromatic rings. The number of ketones is 1. The van der Waals surface area contributed by atoms with Crippen molar-refractivity contribution in [2.24, 2.45) is 35.0 Å². The first-order valence-electron chi connectivity index (χ1n) is 17.5. The van der Waals surface area contributed by atoms with Gasteiger partial charge in [-0.05, 0) is 107 Å². The van der Waals surface area contributed by atoms with E-state index in [2.05, 4.69) is 19.1 Å². The van der Waals surface area contributed by atoms with Crippen molar-refractivity contribution in [2.75, 3.05) is 0 Å². The number of unbranched alkanes of at least 4 members (excludes halogenated alkanes) is 11. The zero-order valence-electron chi connectivity index (χ0n) is 25.2. The van der Waals surface area contributed by atoms with Crippen LogP contribution >= 0.6 is 0 Å². The van der Waals surface area contributed by atoms with Crippen molar-refractivity contribution in [3.63, 3.8) is 0 Å². The second-order valence-corrected chi connectivity index (χ2v) is 14.1. The molecule has 0 aromatic carbocycles. The summed E-state index contributed by atoms with van der Waals surface area (Å²) < 4.78 is 0. The van der Waals surface area contributed by atoms with E-state index in [-0.39, 0.29) is 11.2 Å². The summed E-state index contributed by atoms with van der Waals surface area (Å²) >= 11 is 0. The quantitative estimate of drug-likeness (QED) is 0.151. The summed E-state index contributed by atoms with van der Waals surface area (Å²) in [7, 11) is 0. The Morgan fingerprint density at radius 3 is 2.16 bits per heavy atom. The lowest BCUT2D eigenvalue weighted by atomic mass is 9.49. The van der Waals surface area contributed by atoms with Crippen LogP contribution in [0.5, 0.6) is 0 Å². The number of fused-ring (bicyclic) bond motifs is 5. The van der Waals surface area contributed by atoms with Crippen molar-refractivity contribution in [1.82, 2.24) is 0 Å². The maximum Gasteiger partial charge on any atom is 0.161 e. The van der Waals surface area contributed by atoms with Crippen LogP contribution in [-0.2, 0) is 4.79 Å². The molecule has 4 rings (SSSR count). The number of aliphatic hydroxyl groups excluding tert-OH is 1. The maximum atomic E-state index is 13.2. The van der Waals surface area contributed by atoms with Gasteiger partial charge in [0.05, 0.1) is 0 Å². The highest BCUT2D eigenvalue weighted by molar-refractivity contribution is 5.83. The fourth-order valence-corrected chi connectivity index (χ4v) is 9.84. The van der Waals surface area contributed by atoms with E-state index in [0.29, 0.717) is 12.3 Å². The summed E-state index contributed by atoms with van der Waals surface area (Å²) in [5, 5.41) is 11.5. The van der Waals surface area contributed by atoms with Crippen LogP contribution < -0.4 is 0 Å². The highest BCUT2D eigenvalue weighted by Gasteiger charge is 2.58. The Morgan fingerprint density at radius 2 is 1.39 bits per heavy atom. The Labute approximate surface area is 236 Å². The van der Waals surface area contributed by atoms with Gasteiger partial charge in [-0.3, -0.25) is 4.79 Å². The standard InChI is InChI=1S/C36H62O2/c1-2-3-4-5-6-7-8-9-10-11-12-13-14-15-16-23-34(37)35(38)36-27-19-22-33(36)32-25-24-29-20-17-18-21-30(29)31(32)26-28-36/h9-10,29-33,35,38H,2-8,11-28H2,1H3/b10-9-/t29?,30-,31+,32+,33-,35?,36+/m0/s1. The van der Waals surface area contributed by atoms with Gasteiger partial charge < -0.3 is 5.11 Å². The maximum absolute atomic E-state index is 13.2. The van der Waals surface area contributed by atoms with Gasteiger partial charge in [0.2, 0.25) is 0 Å². The molecule has 0 bridgehead atoms. The minimum absolute atomic E-state index is 0.0679. The molecular formula is C36H62O2. The van der Waals surface area contributed by atoms with Crippen LogP contribution in [0.3, 0.4) is 0 Å². The number of allylic oxidation sites excluding steroid dienone is 2. The van der Waals surface area contributed by atoms with Crippen molar-refractivity contribution < 1.29 is 9.90 Å². The third-order valence-corrected chi connectivity index (χ3v) is 11.8. The summed E-state index contributed by atoms with van der Waals surface area (Å²) in [6.45, 7) is 2.28. The first-order valence-corrected chi connectivity index (χ1v) is 17.5. The van der Waals surface area contributed by atoms with Gasteiger partial charge in [-0.15, -0.1) is 0 Å². The largest absolute Gasteiger partial charge is 0.385 e. The second-order valence-electron chi connectivity index (χ2n) is 14.1. The lowest BCUT2D eigenvalue weighted by molar-refractivity contribution is -0.147. The van der Waals surface area contributed by atoms with Crippen LogP contribution in [0, 0.1) is 35.0 Å². The van der Waals surface area contributed by atoms with Gasteiger partial charge in [0.15, 0.2) is 5.78 Å². The Bertz CT molecular complexity index is 712. The minimum Gasteiger partial charge on any atom is -0.385 e. The summed E-state index contributed by atoms with van der Waals surface area (Å²) in [6, 6.07) is 0. The van der Waals surface area contributed by atoms with Gasteiger partial charge in [-0.2, -0.15) is 0 Å². The van der Waals surface area contributed by atoms with Crippen LogP contribution in [-0.4, -0.2) is 17.0 Å². The third-order valence-electron chi connectivity index (χ3n) is 11.8. The molecule has 38 heavy (non-hydrogen) atoms. The topological polar surface area (TPSA) is 37.3 Å². The number of rotatable bonds is 17. The molecule has 4 aliphatic rings. The molecule has 0 heterocycles. The summed E-state index contributed by atoms with van der Waals surface area (Å²) in [5.41, 5.74) is -0.0679. The zero-order chi connectivity index (χ0) is 26.6. The lowest BCUT2D eigenvalue weighted by Crippen LogP contribution is -2.53. The van der Waals surface area contributed by atoms with Gasteiger partial charge in [0.25, 0.3) is 0 Å². The molecule has 2 nitrogen and oxygen atoms in total. The number of carbonyl (C=O) groups is 1. The van der Waals surface area contributed by atoms with E-state index < -0.39 is 6.10 Å². The first kappa shape index (κ1) is 30.3. The molecule has 2 unspecified atom stereocenters. The fraction of sp³-hybridized carbons (Fsp3) is 0.917. The summed E-state index contributed by atoms with van der Waals surface area (Å²) in [5.74, 6) is 4.46. The zero-order valence-corrected chi connectivity index (χ0v) is 25.2. The van der Waals surface area contributed by atoms with Crippen LogP contribution in [0.25, 0.3) is 0 Å².